The van der Waals surface area contributed by atoms with Gasteiger partial charge in [0.15, 0.2) is 0 Å². The molecule has 0 saturated heterocycles. The lowest BCUT2D eigenvalue weighted by Crippen LogP contribution is -2.45. The number of esters is 1. The largest absolute Gasteiger partial charge is 0.458 e. The van der Waals surface area contributed by atoms with Crippen LogP contribution in [-0.2, 0) is 20.7 Å². The molecule has 4 heteroatoms. The van der Waals surface area contributed by atoms with Crippen molar-refractivity contribution in [3.63, 3.8) is 0 Å². The van der Waals surface area contributed by atoms with E-state index in [0.29, 0.717) is 6.42 Å². The number of nitrogens with one attached hydrogen (secondary N) is 1. The van der Waals surface area contributed by atoms with Crippen molar-refractivity contribution in [1.29, 1.82) is 0 Å². The maximum atomic E-state index is 12.1. The normalized spacial score (nSPS) is 12.1. The third kappa shape index (κ3) is 5.57. The Morgan fingerprint density at radius 2 is 1.90 bits per heavy atom. The highest BCUT2D eigenvalue weighted by atomic mass is 16.6. The zero-order valence-corrected chi connectivity index (χ0v) is 12.0. The SMILES string of the molecule is C#CC(=O)NC(Cc1ccccc1)C(=O)OC(C)(C)C. The van der Waals surface area contributed by atoms with Crippen molar-refractivity contribution >= 4 is 11.9 Å². The van der Waals surface area contributed by atoms with E-state index in [1.807, 2.05) is 36.3 Å². The second-order valence-corrected chi connectivity index (χ2v) is 5.39. The molecule has 1 aromatic rings. The van der Waals surface area contributed by atoms with E-state index in [4.69, 9.17) is 11.2 Å². The quantitative estimate of drug-likeness (QED) is 0.671. The van der Waals surface area contributed by atoms with Gasteiger partial charge in [-0.3, -0.25) is 4.79 Å². The molecule has 1 N–H and O–H groups in total. The van der Waals surface area contributed by atoms with Crippen LogP contribution in [0, 0.1) is 12.3 Å². The minimum absolute atomic E-state index is 0.336. The zero-order chi connectivity index (χ0) is 15.2. The van der Waals surface area contributed by atoms with E-state index < -0.39 is 23.5 Å². The van der Waals surface area contributed by atoms with E-state index in [0.717, 1.165) is 5.56 Å². The van der Waals surface area contributed by atoms with Gasteiger partial charge in [-0.1, -0.05) is 30.3 Å². The van der Waals surface area contributed by atoms with Crippen LogP contribution >= 0.6 is 0 Å². The van der Waals surface area contributed by atoms with E-state index in [1.165, 1.54) is 0 Å². The van der Waals surface area contributed by atoms with Gasteiger partial charge in [-0.2, -0.15) is 0 Å². The summed E-state index contributed by atoms with van der Waals surface area (Å²) in [7, 11) is 0. The highest BCUT2D eigenvalue weighted by molar-refractivity contribution is 5.95. The summed E-state index contributed by atoms with van der Waals surface area (Å²) in [5.41, 5.74) is 0.299. The van der Waals surface area contributed by atoms with Gasteiger partial charge in [0.1, 0.15) is 11.6 Å². The highest BCUT2D eigenvalue weighted by Crippen LogP contribution is 2.11. The Balaban J connectivity index is 2.83. The van der Waals surface area contributed by atoms with Crippen molar-refractivity contribution in [2.24, 2.45) is 0 Å². The zero-order valence-electron chi connectivity index (χ0n) is 12.0. The first kappa shape index (κ1) is 15.8. The van der Waals surface area contributed by atoms with Crippen LogP contribution in [0.4, 0.5) is 0 Å². The van der Waals surface area contributed by atoms with Gasteiger partial charge in [-0.15, -0.1) is 6.42 Å². The van der Waals surface area contributed by atoms with E-state index >= 15 is 0 Å². The lowest BCUT2D eigenvalue weighted by atomic mass is 10.1. The van der Waals surface area contributed by atoms with E-state index in [2.05, 4.69) is 5.32 Å². The average Bonchev–Trinajstić information content (AvgIpc) is 2.37. The Morgan fingerprint density at radius 3 is 2.40 bits per heavy atom. The predicted molar refractivity (Wildman–Crippen MR) is 76.8 cm³/mol. The Labute approximate surface area is 119 Å². The first-order chi connectivity index (χ1) is 9.31. The molecule has 1 rings (SSSR count). The van der Waals surface area contributed by atoms with Gasteiger partial charge in [-0.05, 0) is 32.3 Å². The van der Waals surface area contributed by atoms with Gasteiger partial charge < -0.3 is 10.1 Å². The molecule has 0 fully saturated rings. The first-order valence-corrected chi connectivity index (χ1v) is 6.36. The number of rotatable bonds is 4. The summed E-state index contributed by atoms with van der Waals surface area (Å²) in [6.45, 7) is 5.31. The van der Waals surface area contributed by atoms with Gasteiger partial charge in [0.05, 0.1) is 0 Å². The van der Waals surface area contributed by atoms with Crippen LogP contribution < -0.4 is 5.32 Å². The number of terminal acetylenes is 1. The molecule has 1 unspecified atom stereocenters. The van der Waals surface area contributed by atoms with Crippen molar-refractivity contribution in [3.8, 4) is 12.3 Å². The fraction of sp³-hybridized carbons (Fsp3) is 0.375. The lowest BCUT2D eigenvalue weighted by molar-refractivity contribution is -0.158. The molecular formula is C16H19NO3. The molecule has 0 aliphatic heterocycles. The van der Waals surface area contributed by atoms with E-state index in [-0.39, 0.29) is 0 Å². The summed E-state index contributed by atoms with van der Waals surface area (Å²) in [4.78, 5) is 23.4. The topological polar surface area (TPSA) is 55.4 Å². The Kier molecular flexibility index (Phi) is 5.33. The molecule has 20 heavy (non-hydrogen) atoms. The maximum Gasteiger partial charge on any atom is 0.329 e. The molecule has 1 atom stereocenters. The number of amides is 1. The van der Waals surface area contributed by atoms with Crippen LogP contribution in [-0.4, -0.2) is 23.5 Å². The van der Waals surface area contributed by atoms with Gasteiger partial charge in [0.2, 0.25) is 0 Å². The van der Waals surface area contributed by atoms with Gasteiger partial charge >= 0.3 is 5.97 Å². The van der Waals surface area contributed by atoms with E-state index in [9.17, 15) is 9.59 Å². The number of ether oxygens (including phenoxy) is 1. The Hall–Kier alpha value is -2.28. The highest BCUT2D eigenvalue weighted by Gasteiger charge is 2.26. The van der Waals surface area contributed by atoms with Crippen LogP contribution in [0.15, 0.2) is 30.3 Å². The Bertz CT molecular complexity index is 509. The molecule has 0 aliphatic carbocycles. The molecule has 0 bridgehead atoms. The summed E-state index contributed by atoms with van der Waals surface area (Å²) in [5, 5.41) is 2.49. The monoisotopic (exact) mass is 273 g/mol. The molecule has 1 aromatic carbocycles. The van der Waals surface area contributed by atoms with Crippen molar-refractivity contribution in [2.45, 2.75) is 38.8 Å². The first-order valence-electron chi connectivity index (χ1n) is 6.36. The number of carbonyl (C=O) groups excluding carboxylic acids is 2. The minimum atomic E-state index is -0.792. The number of carbonyl (C=O) groups is 2. The maximum absolute atomic E-state index is 12.1. The van der Waals surface area contributed by atoms with Crippen molar-refractivity contribution in [2.75, 3.05) is 0 Å². The smallest absolute Gasteiger partial charge is 0.329 e. The summed E-state index contributed by atoms with van der Waals surface area (Å²) >= 11 is 0. The minimum Gasteiger partial charge on any atom is -0.458 e. The third-order valence-corrected chi connectivity index (χ3v) is 2.41. The molecule has 0 spiro atoms. The van der Waals surface area contributed by atoms with Crippen molar-refractivity contribution in [1.82, 2.24) is 5.32 Å². The molecule has 0 aromatic heterocycles. The van der Waals surface area contributed by atoms with E-state index in [1.54, 1.807) is 20.8 Å². The summed E-state index contributed by atoms with van der Waals surface area (Å²) in [6.07, 6.45) is 5.36. The number of hydrogen-bond acceptors (Lipinski definition) is 3. The summed E-state index contributed by atoms with van der Waals surface area (Å²) < 4.78 is 5.30. The molecular weight excluding hydrogens is 254 g/mol. The molecule has 0 radical (unpaired) electrons. The predicted octanol–water partition coefficient (Wildman–Crippen LogP) is 1.69. The van der Waals surface area contributed by atoms with Crippen LogP contribution in [0.5, 0.6) is 0 Å². The molecule has 4 nitrogen and oxygen atoms in total. The van der Waals surface area contributed by atoms with Crippen LogP contribution in [0.3, 0.4) is 0 Å². The second kappa shape index (κ2) is 6.76. The summed E-state index contributed by atoms with van der Waals surface area (Å²) in [5.74, 6) is 0.818. The molecule has 0 aliphatic rings. The van der Waals surface area contributed by atoms with Crippen molar-refractivity contribution < 1.29 is 14.3 Å². The molecule has 0 heterocycles. The second-order valence-electron chi connectivity index (χ2n) is 5.39. The summed E-state index contributed by atoms with van der Waals surface area (Å²) in [6, 6.07) is 8.57. The van der Waals surface area contributed by atoms with Gasteiger partial charge in [-0.25, -0.2) is 4.79 Å². The average molecular weight is 273 g/mol. The van der Waals surface area contributed by atoms with Crippen LogP contribution in [0.1, 0.15) is 26.3 Å². The molecule has 0 saturated carbocycles. The standard InChI is InChI=1S/C16H19NO3/c1-5-14(18)17-13(15(19)20-16(2,3)4)11-12-9-7-6-8-10-12/h1,6-10,13H,11H2,2-4H3,(H,17,18). The third-order valence-electron chi connectivity index (χ3n) is 2.41. The van der Waals surface area contributed by atoms with Crippen LogP contribution in [0.25, 0.3) is 0 Å². The number of hydrogen-bond donors (Lipinski definition) is 1. The van der Waals surface area contributed by atoms with Crippen molar-refractivity contribution in [3.05, 3.63) is 35.9 Å². The fourth-order valence-corrected chi connectivity index (χ4v) is 1.62. The fourth-order valence-electron chi connectivity index (χ4n) is 1.62. The van der Waals surface area contributed by atoms with Gasteiger partial charge in [0, 0.05) is 6.42 Å². The lowest BCUT2D eigenvalue weighted by Gasteiger charge is -2.24. The molecule has 1 amide bonds. The Morgan fingerprint density at radius 1 is 1.30 bits per heavy atom. The van der Waals surface area contributed by atoms with Crippen LogP contribution in [0.2, 0.25) is 0 Å². The number of benzene rings is 1. The molecule has 106 valence electrons. The van der Waals surface area contributed by atoms with Gasteiger partial charge in [0.25, 0.3) is 5.91 Å².